The molecule has 0 amide bonds. The van der Waals surface area contributed by atoms with Gasteiger partial charge in [-0.05, 0) is 24.4 Å². The second kappa shape index (κ2) is 8.25. The summed E-state index contributed by atoms with van der Waals surface area (Å²) in [5.41, 5.74) is 2.53. The highest BCUT2D eigenvalue weighted by atomic mass is 32.1. The normalized spacial score (nSPS) is 11.0. The SMILES string of the molecule is CNC(=S)N/N=C\c1ccc(OC(F)F)cc1OC(F)F. The molecule has 0 radical (unpaired) electrons. The molecule has 1 aromatic carbocycles. The summed E-state index contributed by atoms with van der Waals surface area (Å²) in [6.07, 6.45) is 1.15. The van der Waals surface area contributed by atoms with Gasteiger partial charge in [-0.15, -0.1) is 0 Å². The number of alkyl halides is 4. The molecule has 116 valence electrons. The van der Waals surface area contributed by atoms with Gasteiger partial charge in [0.15, 0.2) is 5.11 Å². The Morgan fingerprint density at radius 2 is 1.90 bits per heavy atom. The molecular weight excluding hydrogens is 314 g/mol. The summed E-state index contributed by atoms with van der Waals surface area (Å²) in [5, 5.41) is 6.47. The zero-order valence-electron chi connectivity index (χ0n) is 10.6. The molecule has 1 rings (SSSR count). The summed E-state index contributed by atoms with van der Waals surface area (Å²) in [6.45, 7) is -6.19. The second-order valence-electron chi connectivity index (χ2n) is 3.41. The molecular formula is C11H11F4N3O2S. The third-order valence-electron chi connectivity index (χ3n) is 2.02. The lowest BCUT2D eigenvalue weighted by Crippen LogP contribution is -2.28. The van der Waals surface area contributed by atoms with Gasteiger partial charge in [0.1, 0.15) is 11.5 Å². The lowest BCUT2D eigenvalue weighted by atomic mass is 10.2. The van der Waals surface area contributed by atoms with Crippen molar-refractivity contribution in [2.24, 2.45) is 5.10 Å². The largest absolute Gasteiger partial charge is 0.435 e. The standard InChI is InChI=1S/C11H11F4N3O2S/c1-16-11(21)18-17-5-6-2-3-7(19-9(12)13)4-8(6)20-10(14)15/h2-5,9-10H,1H3,(H2,16,18,21)/b17-5-. The number of hydrazone groups is 1. The van der Waals surface area contributed by atoms with Gasteiger partial charge in [0, 0.05) is 18.7 Å². The molecule has 0 atom stereocenters. The Morgan fingerprint density at radius 3 is 2.48 bits per heavy atom. The summed E-state index contributed by atoms with van der Waals surface area (Å²) in [6, 6.07) is 3.32. The van der Waals surface area contributed by atoms with Gasteiger partial charge >= 0.3 is 13.2 Å². The zero-order valence-corrected chi connectivity index (χ0v) is 11.5. The van der Waals surface area contributed by atoms with Crippen LogP contribution in [-0.2, 0) is 0 Å². The van der Waals surface area contributed by atoms with Gasteiger partial charge in [-0.3, -0.25) is 5.43 Å². The molecule has 0 aromatic heterocycles. The van der Waals surface area contributed by atoms with Crippen molar-refractivity contribution < 1.29 is 27.0 Å². The molecule has 0 aliphatic carbocycles. The Hall–Kier alpha value is -2.10. The fraction of sp³-hybridized carbons (Fsp3) is 0.273. The average Bonchev–Trinajstić information content (AvgIpc) is 2.39. The molecule has 5 nitrogen and oxygen atoms in total. The quantitative estimate of drug-likeness (QED) is 0.364. The van der Waals surface area contributed by atoms with Crippen molar-refractivity contribution in [2.75, 3.05) is 7.05 Å². The van der Waals surface area contributed by atoms with Crippen LogP contribution >= 0.6 is 12.2 Å². The van der Waals surface area contributed by atoms with Gasteiger partial charge in [-0.1, -0.05) is 0 Å². The fourth-order valence-corrected chi connectivity index (χ4v) is 1.26. The number of rotatable bonds is 6. The van der Waals surface area contributed by atoms with Crippen LogP contribution in [0.5, 0.6) is 11.5 Å². The van der Waals surface area contributed by atoms with E-state index in [1.807, 2.05) is 0 Å². The molecule has 0 fully saturated rings. The number of thiocarbonyl (C=S) groups is 1. The highest BCUT2D eigenvalue weighted by Gasteiger charge is 2.12. The maximum atomic E-state index is 12.3. The van der Waals surface area contributed by atoms with Gasteiger partial charge in [0.05, 0.1) is 6.21 Å². The number of hydrogen-bond acceptors (Lipinski definition) is 4. The van der Waals surface area contributed by atoms with Crippen LogP contribution in [0.4, 0.5) is 17.6 Å². The van der Waals surface area contributed by atoms with Gasteiger partial charge in [-0.2, -0.15) is 22.7 Å². The number of nitrogens with one attached hydrogen (secondary N) is 2. The molecule has 2 N–H and O–H groups in total. The molecule has 0 unspecified atom stereocenters. The zero-order chi connectivity index (χ0) is 15.8. The monoisotopic (exact) mass is 325 g/mol. The second-order valence-corrected chi connectivity index (χ2v) is 3.81. The molecule has 0 heterocycles. The smallest absolute Gasteiger partial charge is 0.387 e. The van der Waals surface area contributed by atoms with E-state index >= 15 is 0 Å². The lowest BCUT2D eigenvalue weighted by molar-refractivity contribution is -0.0543. The minimum Gasteiger partial charge on any atom is -0.435 e. The van der Waals surface area contributed by atoms with Crippen LogP contribution in [0.15, 0.2) is 23.3 Å². The van der Waals surface area contributed by atoms with Gasteiger partial charge in [0.2, 0.25) is 0 Å². The summed E-state index contributed by atoms with van der Waals surface area (Å²) in [4.78, 5) is 0. The maximum absolute atomic E-state index is 12.3. The van der Waals surface area contributed by atoms with Crippen LogP contribution in [0, 0.1) is 0 Å². The third-order valence-corrected chi connectivity index (χ3v) is 2.32. The van der Waals surface area contributed by atoms with Crippen molar-refractivity contribution in [2.45, 2.75) is 13.2 Å². The Bertz CT molecular complexity index is 514. The summed E-state index contributed by atoms with van der Waals surface area (Å²) >= 11 is 4.75. The van der Waals surface area contributed by atoms with Crippen LogP contribution in [-0.4, -0.2) is 31.6 Å². The molecule has 1 aromatic rings. The summed E-state index contributed by atoms with van der Waals surface area (Å²) in [5.74, 6) is -0.666. The van der Waals surface area contributed by atoms with Crippen molar-refractivity contribution in [1.29, 1.82) is 0 Å². The Labute approximate surface area is 122 Å². The van der Waals surface area contributed by atoms with Crippen LogP contribution in [0.25, 0.3) is 0 Å². The number of nitrogens with zero attached hydrogens (tertiary/aromatic N) is 1. The van der Waals surface area contributed by atoms with E-state index in [-0.39, 0.29) is 22.2 Å². The number of hydrogen-bond donors (Lipinski definition) is 2. The molecule has 10 heteroatoms. The minimum absolute atomic E-state index is 0.128. The van der Waals surface area contributed by atoms with Crippen molar-refractivity contribution >= 4 is 23.5 Å². The van der Waals surface area contributed by atoms with E-state index in [1.54, 1.807) is 7.05 Å². The van der Waals surface area contributed by atoms with Crippen LogP contribution in [0.2, 0.25) is 0 Å². The summed E-state index contributed by atoms with van der Waals surface area (Å²) in [7, 11) is 1.56. The van der Waals surface area contributed by atoms with Crippen LogP contribution < -0.4 is 20.2 Å². The maximum Gasteiger partial charge on any atom is 0.387 e. The number of halogens is 4. The van der Waals surface area contributed by atoms with E-state index < -0.39 is 13.2 Å². The van der Waals surface area contributed by atoms with E-state index in [4.69, 9.17) is 12.2 Å². The molecule has 0 saturated heterocycles. The predicted octanol–water partition coefficient (Wildman–Crippen LogP) is 2.32. The van der Waals surface area contributed by atoms with Crippen molar-refractivity contribution in [3.8, 4) is 11.5 Å². The van der Waals surface area contributed by atoms with Crippen molar-refractivity contribution in [1.82, 2.24) is 10.7 Å². The van der Waals surface area contributed by atoms with E-state index in [1.165, 1.54) is 12.1 Å². The predicted molar refractivity (Wildman–Crippen MR) is 72.1 cm³/mol. The first-order valence-corrected chi connectivity index (χ1v) is 5.87. The highest BCUT2D eigenvalue weighted by molar-refractivity contribution is 7.80. The Kier molecular flexibility index (Phi) is 6.66. The number of ether oxygens (including phenoxy) is 2. The molecule has 21 heavy (non-hydrogen) atoms. The molecule has 0 aliphatic rings. The lowest BCUT2D eigenvalue weighted by Gasteiger charge is -2.10. The highest BCUT2D eigenvalue weighted by Crippen LogP contribution is 2.26. The molecule has 0 saturated carbocycles. The number of benzene rings is 1. The first-order chi connectivity index (χ1) is 9.92. The Morgan fingerprint density at radius 1 is 1.24 bits per heavy atom. The van der Waals surface area contributed by atoms with E-state index in [0.717, 1.165) is 12.3 Å². The van der Waals surface area contributed by atoms with Gasteiger partial charge < -0.3 is 14.8 Å². The van der Waals surface area contributed by atoms with Gasteiger partial charge in [0.25, 0.3) is 0 Å². The molecule has 0 spiro atoms. The fourth-order valence-electron chi connectivity index (χ4n) is 1.21. The van der Waals surface area contributed by atoms with E-state index in [0.29, 0.717) is 0 Å². The summed E-state index contributed by atoms with van der Waals surface area (Å²) < 4.78 is 57.1. The Balaban J connectivity index is 2.93. The van der Waals surface area contributed by atoms with E-state index in [2.05, 4.69) is 25.3 Å². The third kappa shape index (κ3) is 6.25. The van der Waals surface area contributed by atoms with Crippen LogP contribution in [0.1, 0.15) is 5.56 Å². The topological polar surface area (TPSA) is 54.9 Å². The first-order valence-electron chi connectivity index (χ1n) is 5.47. The first kappa shape index (κ1) is 17.0. The molecule has 0 bridgehead atoms. The van der Waals surface area contributed by atoms with Crippen molar-refractivity contribution in [3.05, 3.63) is 23.8 Å². The van der Waals surface area contributed by atoms with Crippen molar-refractivity contribution in [3.63, 3.8) is 0 Å². The minimum atomic E-state index is -3.12. The van der Waals surface area contributed by atoms with E-state index in [9.17, 15) is 17.6 Å². The van der Waals surface area contributed by atoms with Crippen LogP contribution in [0.3, 0.4) is 0 Å². The molecule has 0 aliphatic heterocycles. The van der Waals surface area contributed by atoms with Gasteiger partial charge in [-0.25, -0.2) is 0 Å². The average molecular weight is 325 g/mol.